The van der Waals surface area contributed by atoms with Crippen LogP contribution in [0.3, 0.4) is 0 Å². The lowest BCUT2D eigenvalue weighted by atomic mass is 10.1. The monoisotopic (exact) mass is 453 g/mol. The Hall–Kier alpha value is -1.69. The largest absolute Gasteiger partial charge is 0.339 e. The molecule has 2 aromatic heterocycles. The molecule has 3 aromatic rings. The van der Waals surface area contributed by atoms with E-state index in [1.807, 2.05) is 42.2 Å². The minimum absolute atomic E-state index is 0.136. The standard InChI is InChI=1S/C17H18BrClN5OP/c1-4-24-10-12(8-21-24)11-5-6-14(15(7-11)26(2,3)25)22-16-13(18)9-20-17(19)23-16/h5-10H,4H2,1-3H3,(H,20,22,23). The summed E-state index contributed by atoms with van der Waals surface area (Å²) in [6.07, 6.45) is 5.36. The lowest BCUT2D eigenvalue weighted by molar-refractivity contribution is 0.588. The van der Waals surface area contributed by atoms with Crippen LogP contribution in [0.15, 0.2) is 41.3 Å². The first-order valence-electron chi connectivity index (χ1n) is 7.95. The molecule has 0 aliphatic rings. The number of nitrogens with one attached hydrogen (secondary N) is 1. The van der Waals surface area contributed by atoms with Gasteiger partial charge in [0.25, 0.3) is 0 Å². The molecule has 136 valence electrons. The second kappa shape index (κ2) is 7.51. The van der Waals surface area contributed by atoms with Crippen molar-refractivity contribution in [1.29, 1.82) is 0 Å². The van der Waals surface area contributed by atoms with E-state index in [4.69, 9.17) is 11.6 Å². The molecule has 0 atom stereocenters. The van der Waals surface area contributed by atoms with Gasteiger partial charge in [0.1, 0.15) is 13.0 Å². The van der Waals surface area contributed by atoms with E-state index in [0.717, 1.165) is 28.7 Å². The van der Waals surface area contributed by atoms with Crippen molar-refractivity contribution in [3.05, 3.63) is 46.5 Å². The highest BCUT2D eigenvalue weighted by Crippen LogP contribution is 2.40. The first kappa shape index (κ1) is 19.1. The lowest BCUT2D eigenvalue weighted by Crippen LogP contribution is -2.11. The van der Waals surface area contributed by atoms with E-state index in [0.29, 0.717) is 10.3 Å². The Bertz CT molecular complexity index is 1000. The van der Waals surface area contributed by atoms with E-state index in [1.54, 1.807) is 19.5 Å². The summed E-state index contributed by atoms with van der Waals surface area (Å²) in [6.45, 7) is 6.32. The molecule has 0 aliphatic heterocycles. The summed E-state index contributed by atoms with van der Waals surface area (Å²) in [5, 5.41) is 8.39. The maximum Gasteiger partial charge on any atom is 0.224 e. The number of rotatable bonds is 5. The summed E-state index contributed by atoms with van der Waals surface area (Å²) in [6, 6.07) is 5.81. The van der Waals surface area contributed by atoms with Crippen molar-refractivity contribution >= 4 is 51.5 Å². The van der Waals surface area contributed by atoms with Crippen molar-refractivity contribution in [1.82, 2.24) is 19.7 Å². The maximum absolute atomic E-state index is 12.9. The summed E-state index contributed by atoms with van der Waals surface area (Å²) in [7, 11) is -2.55. The van der Waals surface area contributed by atoms with Gasteiger partial charge in [-0.1, -0.05) is 6.07 Å². The predicted octanol–water partition coefficient (Wildman–Crippen LogP) is 4.77. The van der Waals surface area contributed by atoms with Crippen LogP contribution in [0.1, 0.15) is 6.92 Å². The Labute approximate surface area is 165 Å². The molecule has 0 saturated heterocycles. The van der Waals surface area contributed by atoms with Gasteiger partial charge < -0.3 is 9.88 Å². The Balaban J connectivity index is 2.05. The minimum atomic E-state index is -2.55. The molecular formula is C17H18BrClN5OP. The van der Waals surface area contributed by atoms with Crippen LogP contribution >= 0.6 is 34.7 Å². The van der Waals surface area contributed by atoms with E-state index in [1.165, 1.54) is 0 Å². The molecule has 0 radical (unpaired) electrons. The fourth-order valence-electron chi connectivity index (χ4n) is 2.51. The topological polar surface area (TPSA) is 72.7 Å². The number of hydrogen-bond acceptors (Lipinski definition) is 5. The number of anilines is 2. The summed E-state index contributed by atoms with van der Waals surface area (Å²) < 4.78 is 15.4. The normalized spacial score (nSPS) is 11.6. The van der Waals surface area contributed by atoms with Crippen LogP contribution in [0.2, 0.25) is 5.28 Å². The number of hydrogen-bond donors (Lipinski definition) is 1. The molecule has 1 N–H and O–H groups in total. The van der Waals surface area contributed by atoms with Crippen molar-refractivity contribution in [3.8, 4) is 11.1 Å². The zero-order valence-electron chi connectivity index (χ0n) is 14.6. The van der Waals surface area contributed by atoms with Gasteiger partial charge in [0.05, 0.1) is 16.4 Å². The average Bonchev–Trinajstić information content (AvgIpc) is 3.06. The second-order valence-electron chi connectivity index (χ2n) is 6.13. The fourth-order valence-corrected chi connectivity index (χ4v) is 4.09. The minimum Gasteiger partial charge on any atom is -0.339 e. The van der Waals surface area contributed by atoms with Gasteiger partial charge in [-0.3, -0.25) is 4.68 Å². The maximum atomic E-state index is 12.9. The van der Waals surface area contributed by atoms with Crippen LogP contribution < -0.4 is 10.6 Å². The zero-order valence-corrected chi connectivity index (χ0v) is 17.8. The number of aryl methyl sites for hydroxylation is 1. The third-order valence-electron chi connectivity index (χ3n) is 3.84. The molecule has 0 amide bonds. The number of halogens is 2. The highest BCUT2D eigenvalue weighted by atomic mass is 79.9. The van der Waals surface area contributed by atoms with E-state index in [9.17, 15) is 4.57 Å². The molecule has 0 aliphatic carbocycles. The van der Waals surface area contributed by atoms with Gasteiger partial charge in [0.15, 0.2) is 0 Å². The first-order chi connectivity index (χ1) is 12.3. The van der Waals surface area contributed by atoms with Crippen molar-refractivity contribution in [2.24, 2.45) is 0 Å². The average molecular weight is 455 g/mol. The number of benzene rings is 1. The molecular weight excluding hydrogens is 437 g/mol. The summed E-state index contributed by atoms with van der Waals surface area (Å²) >= 11 is 9.29. The summed E-state index contributed by atoms with van der Waals surface area (Å²) in [5.41, 5.74) is 2.67. The molecule has 0 saturated carbocycles. The summed E-state index contributed by atoms with van der Waals surface area (Å²) in [4.78, 5) is 8.10. The highest BCUT2D eigenvalue weighted by Gasteiger charge is 2.19. The van der Waals surface area contributed by atoms with Crippen molar-refractivity contribution in [2.75, 3.05) is 18.6 Å². The third-order valence-corrected chi connectivity index (χ3v) is 6.13. The van der Waals surface area contributed by atoms with Gasteiger partial charge >= 0.3 is 0 Å². The van der Waals surface area contributed by atoms with Crippen molar-refractivity contribution < 1.29 is 4.57 Å². The second-order valence-corrected chi connectivity index (χ2v) is 10.5. The number of nitrogens with zero attached hydrogens (tertiary/aromatic N) is 4. The van der Waals surface area contributed by atoms with Gasteiger partial charge in [0, 0.05) is 29.8 Å². The predicted molar refractivity (Wildman–Crippen MR) is 110 cm³/mol. The van der Waals surface area contributed by atoms with E-state index >= 15 is 0 Å². The molecule has 26 heavy (non-hydrogen) atoms. The molecule has 1 aromatic carbocycles. The van der Waals surface area contributed by atoms with Crippen LogP contribution in [0.25, 0.3) is 11.1 Å². The van der Waals surface area contributed by atoms with Crippen molar-refractivity contribution in [2.45, 2.75) is 13.5 Å². The molecule has 0 spiro atoms. The van der Waals surface area contributed by atoms with Gasteiger partial charge in [-0.15, -0.1) is 0 Å². The van der Waals surface area contributed by atoms with Crippen LogP contribution in [-0.2, 0) is 11.1 Å². The van der Waals surface area contributed by atoms with Crippen molar-refractivity contribution in [3.63, 3.8) is 0 Å². The molecule has 0 unspecified atom stereocenters. The summed E-state index contributed by atoms with van der Waals surface area (Å²) in [5.74, 6) is 0.520. The first-order valence-corrected chi connectivity index (χ1v) is 11.7. The van der Waals surface area contributed by atoms with E-state index < -0.39 is 7.14 Å². The zero-order chi connectivity index (χ0) is 18.9. The fraction of sp³-hybridized carbons (Fsp3) is 0.235. The Kier molecular flexibility index (Phi) is 5.51. The molecule has 9 heteroatoms. The van der Waals surface area contributed by atoms with Crippen LogP contribution in [-0.4, -0.2) is 33.1 Å². The lowest BCUT2D eigenvalue weighted by Gasteiger charge is -2.17. The van der Waals surface area contributed by atoms with Gasteiger partial charge in [-0.2, -0.15) is 10.1 Å². The van der Waals surface area contributed by atoms with Gasteiger partial charge in [-0.05, 0) is 65.5 Å². The number of aromatic nitrogens is 4. The van der Waals surface area contributed by atoms with Gasteiger partial charge in [-0.25, -0.2) is 4.98 Å². The SMILES string of the molecule is CCn1cc(-c2ccc(Nc3nc(Cl)ncc3Br)c(P(C)(C)=O)c2)cn1. The Morgan fingerprint density at radius 3 is 2.69 bits per heavy atom. The molecule has 3 rings (SSSR count). The molecule has 0 bridgehead atoms. The van der Waals surface area contributed by atoms with E-state index in [2.05, 4.69) is 36.3 Å². The van der Waals surface area contributed by atoms with E-state index in [-0.39, 0.29) is 5.28 Å². The third kappa shape index (κ3) is 4.17. The highest BCUT2D eigenvalue weighted by molar-refractivity contribution is 9.10. The van der Waals surface area contributed by atoms with Crippen LogP contribution in [0.5, 0.6) is 0 Å². The molecule has 2 heterocycles. The van der Waals surface area contributed by atoms with Gasteiger partial charge in [0.2, 0.25) is 5.28 Å². The molecule has 6 nitrogen and oxygen atoms in total. The molecule has 0 fully saturated rings. The quantitative estimate of drug-likeness (QED) is 0.444. The Morgan fingerprint density at radius 1 is 1.27 bits per heavy atom. The van der Waals surface area contributed by atoms with Crippen LogP contribution in [0, 0.1) is 0 Å². The smallest absolute Gasteiger partial charge is 0.224 e. The van der Waals surface area contributed by atoms with Crippen LogP contribution in [0.4, 0.5) is 11.5 Å². The Morgan fingerprint density at radius 2 is 2.04 bits per heavy atom.